The fourth-order valence-corrected chi connectivity index (χ4v) is 4.16. The smallest absolute Gasteiger partial charge is 0.187 e. The van der Waals surface area contributed by atoms with Crippen molar-refractivity contribution in [1.29, 1.82) is 0 Å². The molecular weight excluding hydrogens is 472 g/mol. The minimum Gasteiger partial charge on any atom is -0.394 e. The SMILES string of the molecule is OC[C@H]1O[C@H](O[C@H]2[C@@H](OC3[C@@H](O)[C@H](O)C(O)[C@@H](O)[C@@H]3O)O[C@H](CO)[C@H](O)[C@@H]2O)[C@H]([16OH])[C@@H](O)[C@H]1O. The monoisotopic (exact) mass is 504 g/mol. The van der Waals surface area contributed by atoms with Crippen LogP contribution in [0.2, 0.25) is 0 Å². The highest BCUT2D eigenvalue weighted by Crippen LogP contribution is 2.32. The number of ether oxygens (including phenoxy) is 4. The first-order chi connectivity index (χ1) is 15.9. The lowest BCUT2D eigenvalue weighted by Crippen LogP contribution is -2.68. The van der Waals surface area contributed by atoms with Gasteiger partial charge in [-0.2, -0.15) is 0 Å². The summed E-state index contributed by atoms with van der Waals surface area (Å²) in [6.45, 7) is -1.62. The van der Waals surface area contributed by atoms with E-state index in [0.29, 0.717) is 0 Å². The summed E-state index contributed by atoms with van der Waals surface area (Å²) in [6, 6.07) is 0. The minimum absolute atomic E-state index is 0.789. The fourth-order valence-electron chi connectivity index (χ4n) is 4.16. The van der Waals surface area contributed by atoms with Crippen LogP contribution >= 0.6 is 0 Å². The van der Waals surface area contributed by atoms with Crippen LogP contribution in [0.3, 0.4) is 0 Å². The van der Waals surface area contributed by atoms with Crippen molar-refractivity contribution < 1.29 is 80.2 Å². The lowest BCUT2D eigenvalue weighted by atomic mass is 9.84. The summed E-state index contributed by atoms with van der Waals surface area (Å²) in [5, 5.41) is 120. The molecule has 14 atom stereocenters. The Morgan fingerprint density at radius 3 is 1.26 bits per heavy atom. The van der Waals surface area contributed by atoms with Crippen LogP contribution in [-0.2, 0) is 18.9 Å². The summed E-state index contributed by atoms with van der Waals surface area (Å²) in [6.07, 6.45) is -29.1. The van der Waals surface area contributed by atoms with Crippen molar-refractivity contribution in [2.45, 2.75) is 98.0 Å². The zero-order valence-electron chi connectivity index (χ0n) is 17.7. The van der Waals surface area contributed by atoms with Gasteiger partial charge in [-0.3, -0.25) is 0 Å². The summed E-state index contributed by atoms with van der Waals surface area (Å²) in [4.78, 5) is 0. The Kier molecular flexibility index (Phi) is 9.18. The van der Waals surface area contributed by atoms with Crippen LogP contribution in [-0.4, -0.2) is 173 Å². The maximum absolute atomic E-state index is 10.6. The van der Waals surface area contributed by atoms with Gasteiger partial charge in [0.15, 0.2) is 12.6 Å². The Morgan fingerprint density at radius 2 is 0.765 bits per heavy atom. The molecule has 2 aliphatic heterocycles. The molecule has 2 saturated heterocycles. The average Bonchev–Trinajstić information content (AvgIpc) is 2.83. The zero-order chi connectivity index (χ0) is 25.5. The molecule has 1 saturated carbocycles. The van der Waals surface area contributed by atoms with Crippen molar-refractivity contribution in [2.75, 3.05) is 13.2 Å². The van der Waals surface area contributed by atoms with E-state index in [1.165, 1.54) is 0 Å². The molecule has 1 aliphatic carbocycles. The van der Waals surface area contributed by atoms with E-state index in [1.807, 2.05) is 0 Å². The molecule has 3 rings (SSSR count). The Morgan fingerprint density at radius 1 is 0.412 bits per heavy atom. The highest BCUT2D eigenvalue weighted by atomic mass is 16.8. The molecule has 0 unspecified atom stereocenters. The first kappa shape index (κ1) is 27.9. The van der Waals surface area contributed by atoms with Crippen molar-refractivity contribution in [2.24, 2.45) is 0 Å². The molecule has 34 heavy (non-hydrogen) atoms. The number of aliphatic hydroxyl groups is 12. The van der Waals surface area contributed by atoms with Crippen LogP contribution < -0.4 is 0 Å². The second-order valence-corrected chi connectivity index (χ2v) is 8.56. The largest absolute Gasteiger partial charge is 0.394 e. The molecule has 0 amide bonds. The van der Waals surface area contributed by atoms with Gasteiger partial charge >= 0.3 is 0 Å². The van der Waals surface area contributed by atoms with Gasteiger partial charge in [0.05, 0.1) is 13.2 Å². The van der Waals surface area contributed by atoms with E-state index in [0.717, 1.165) is 0 Å². The quantitative estimate of drug-likeness (QED) is 0.160. The minimum atomic E-state index is -1.97. The van der Waals surface area contributed by atoms with Crippen molar-refractivity contribution in [1.82, 2.24) is 0 Å². The molecule has 0 aromatic carbocycles. The molecule has 16 nitrogen and oxygen atoms in total. The predicted octanol–water partition coefficient (Wildman–Crippen LogP) is -8.19. The highest BCUT2D eigenvalue weighted by molar-refractivity contribution is 5.01. The predicted molar refractivity (Wildman–Crippen MR) is 101 cm³/mol. The molecule has 2 heterocycles. The molecule has 16 heteroatoms. The van der Waals surface area contributed by atoms with Crippen LogP contribution in [0.1, 0.15) is 0 Å². The van der Waals surface area contributed by atoms with E-state index < -0.39 is 111 Å². The van der Waals surface area contributed by atoms with E-state index >= 15 is 0 Å². The van der Waals surface area contributed by atoms with Gasteiger partial charge in [-0.15, -0.1) is 0 Å². The third-order valence-electron chi connectivity index (χ3n) is 6.33. The highest BCUT2D eigenvalue weighted by Gasteiger charge is 2.54. The van der Waals surface area contributed by atoms with E-state index in [9.17, 15) is 61.3 Å². The number of hydrogen-bond donors (Lipinski definition) is 12. The third-order valence-corrected chi connectivity index (χ3v) is 6.33. The van der Waals surface area contributed by atoms with Gasteiger partial charge in [0, 0.05) is 0 Å². The molecule has 0 aromatic heterocycles. The standard InChI is InChI=1S/C18H32O16/c19-1-3-5(21)7(23)14(30)17(31-3)34-16-11(27)6(22)4(2-20)32-18(16)33-15-12(28)9(25)8(24)10(26)13(15)29/h3-30H,1-2H2/t3-,4-,5+,6+,7+,8?,9-,10-,11+,12+,13+,14-,15?,16-,17-,18-/m1/s1/i30+0. The van der Waals surface area contributed by atoms with Crippen molar-refractivity contribution in [3.8, 4) is 0 Å². The summed E-state index contributed by atoms with van der Waals surface area (Å²) < 4.78 is 21.4. The molecule has 0 aromatic rings. The zero-order valence-corrected chi connectivity index (χ0v) is 17.7. The summed E-state index contributed by atoms with van der Waals surface area (Å²) in [7, 11) is 0. The molecule has 0 radical (unpaired) electrons. The summed E-state index contributed by atoms with van der Waals surface area (Å²) >= 11 is 0. The average molecular weight is 504 g/mol. The third kappa shape index (κ3) is 5.09. The summed E-state index contributed by atoms with van der Waals surface area (Å²) in [5.74, 6) is 0. The van der Waals surface area contributed by atoms with Crippen molar-refractivity contribution >= 4 is 0 Å². The molecule has 3 fully saturated rings. The van der Waals surface area contributed by atoms with Gasteiger partial charge in [-0.1, -0.05) is 0 Å². The van der Waals surface area contributed by atoms with Gasteiger partial charge in [-0.05, 0) is 0 Å². The molecule has 0 spiro atoms. The normalized spacial score (nSPS) is 54.7. The number of hydrogen-bond acceptors (Lipinski definition) is 16. The maximum atomic E-state index is 10.6. The van der Waals surface area contributed by atoms with Gasteiger partial charge in [0.2, 0.25) is 0 Å². The Bertz CT molecular complexity index is 637. The van der Waals surface area contributed by atoms with E-state index in [1.54, 1.807) is 0 Å². The molecule has 3 aliphatic rings. The van der Waals surface area contributed by atoms with E-state index in [2.05, 4.69) is 0 Å². The van der Waals surface area contributed by atoms with E-state index in [-0.39, 0.29) is 0 Å². The van der Waals surface area contributed by atoms with Crippen molar-refractivity contribution in [3.05, 3.63) is 0 Å². The summed E-state index contributed by atoms with van der Waals surface area (Å²) in [5.41, 5.74) is 0. The maximum Gasteiger partial charge on any atom is 0.187 e. The van der Waals surface area contributed by atoms with Crippen LogP contribution in [0.5, 0.6) is 0 Å². The Balaban J connectivity index is 1.84. The van der Waals surface area contributed by atoms with Gasteiger partial charge < -0.3 is 80.2 Å². The Labute approximate surface area is 192 Å². The molecule has 0 bridgehead atoms. The van der Waals surface area contributed by atoms with Crippen LogP contribution in [0.4, 0.5) is 0 Å². The Hall–Kier alpha value is -0.640. The topological polar surface area (TPSA) is 280 Å². The number of rotatable bonds is 6. The lowest BCUT2D eigenvalue weighted by molar-refractivity contribution is -0.381. The van der Waals surface area contributed by atoms with E-state index in [4.69, 9.17) is 18.9 Å². The van der Waals surface area contributed by atoms with Gasteiger partial charge in [0.1, 0.15) is 85.5 Å². The molecular formula is C18H32O16. The second-order valence-electron chi connectivity index (χ2n) is 8.56. The molecule has 200 valence electrons. The first-order valence-electron chi connectivity index (χ1n) is 10.6. The van der Waals surface area contributed by atoms with Crippen LogP contribution in [0.15, 0.2) is 0 Å². The van der Waals surface area contributed by atoms with Crippen LogP contribution in [0.25, 0.3) is 0 Å². The molecule has 12 N–H and O–H groups in total. The van der Waals surface area contributed by atoms with Crippen LogP contribution in [0, 0.1) is 0 Å². The lowest BCUT2D eigenvalue weighted by Gasteiger charge is -2.48. The fraction of sp³-hybridized carbons (Fsp3) is 1.00. The second kappa shape index (κ2) is 11.2. The van der Waals surface area contributed by atoms with Gasteiger partial charge in [-0.25, -0.2) is 0 Å². The first-order valence-corrected chi connectivity index (χ1v) is 10.6. The number of aliphatic hydroxyl groups excluding tert-OH is 12. The van der Waals surface area contributed by atoms with Gasteiger partial charge in [0.25, 0.3) is 0 Å². The van der Waals surface area contributed by atoms with Crippen molar-refractivity contribution in [3.63, 3.8) is 0 Å².